The Balaban J connectivity index is 1.76. The van der Waals surface area contributed by atoms with Gasteiger partial charge in [0.2, 0.25) is 5.91 Å². The van der Waals surface area contributed by atoms with Gasteiger partial charge < -0.3 is 10.5 Å². The molecule has 1 aromatic heterocycles. The molecular formula is C21H22N5O3S+. The first-order chi connectivity index (χ1) is 14.4. The van der Waals surface area contributed by atoms with E-state index in [9.17, 15) is 9.59 Å². The van der Waals surface area contributed by atoms with Gasteiger partial charge in [-0.1, -0.05) is 17.8 Å². The lowest BCUT2D eigenvalue weighted by atomic mass is 10.1. The smallest absolute Gasteiger partial charge is 0.302 e. The van der Waals surface area contributed by atoms with E-state index in [0.717, 1.165) is 56.2 Å². The van der Waals surface area contributed by atoms with Crippen LogP contribution < -0.4 is 15.0 Å². The zero-order valence-electron chi connectivity index (χ0n) is 16.9. The number of nitrogens with two attached hydrogens (primary N) is 1. The molecule has 1 unspecified atom stereocenters. The zero-order valence-corrected chi connectivity index (χ0v) is 17.7. The van der Waals surface area contributed by atoms with Gasteiger partial charge in [0.15, 0.2) is 11.0 Å². The molecule has 0 saturated carbocycles. The highest BCUT2D eigenvalue weighted by atomic mass is 32.2. The molecule has 1 atom stereocenters. The number of primary amides is 1. The van der Waals surface area contributed by atoms with Crippen LogP contribution >= 0.6 is 11.8 Å². The van der Waals surface area contributed by atoms with E-state index in [1.807, 2.05) is 56.4 Å². The van der Waals surface area contributed by atoms with Gasteiger partial charge in [-0.15, -0.1) is 0 Å². The van der Waals surface area contributed by atoms with E-state index in [1.54, 1.807) is 7.11 Å². The summed E-state index contributed by atoms with van der Waals surface area (Å²) in [4.78, 5) is 26.9. The highest BCUT2D eigenvalue weighted by molar-refractivity contribution is 8.14. The van der Waals surface area contributed by atoms with Crippen LogP contribution in [0, 0.1) is 0 Å². The topological polar surface area (TPSA) is 105 Å². The molecule has 8 nitrogen and oxygen atoms in total. The Bertz CT molecular complexity index is 1190. The van der Waals surface area contributed by atoms with E-state index >= 15 is 0 Å². The number of amides is 2. The van der Waals surface area contributed by atoms with Crippen LogP contribution in [-0.2, 0) is 11.8 Å². The van der Waals surface area contributed by atoms with Gasteiger partial charge in [0.1, 0.15) is 12.3 Å². The Morgan fingerprint density at radius 2 is 2.10 bits per heavy atom. The number of fused-ring (bicyclic) bond motifs is 1. The average Bonchev–Trinajstić information content (AvgIpc) is 3.05. The number of nitrogens with zero attached hydrogens (tertiary/aromatic N) is 3. The fourth-order valence-corrected chi connectivity index (χ4v) is 4.34. The normalized spacial score (nSPS) is 16.6. The second-order valence-corrected chi connectivity index (χ2v) is 8.32. The summed E-state index contributed by atoms with van der Waals surface area (Å²) >= 11 is 1.13. The molecule has 1 aliphatic heterocycles. The standard InChI is InChI=1S/C21H21N5O3S/c1-12-19(24-26(11-18(22)27)21(28)30-12)13-7-8-17-16(10-13)23-20(25(17)2)14-5-4-6-15(9-14)29-3/h4-10,12H,11H2,1-3H3,(H2,22,27)/p+1. The van der Waals surface area contributed by atoms with E-state index < -0.39 is 5.91 Å². The average molecular weight is 425 g/mol. The maximum Gasteiger partial charge on any atom is 0.302 e. The fourth-order valence-electron chi connectivity index (χ4n) is 3.52. The van der Waals surface area contributed by atoms with Crippen molar-refractivity contribution >= 4 is 39.7 Å². The number of aromatic nitrogens is 2. The third-order valence-corrected chi connectivity index (χ3v) is 5.98. The summed E-state index contributed by atoms with van der Waals surface area (Å²) in [6.45, 7) is 1.69. The summed E-state index contributed by atoms with van der Waals surface area (Å²) in [5.74, 6) is 1.13. The number of imidazole rings is 1. The van der Waals surface area contributed by atoms with Crippen LogP contribution in [0.4, 0.5) is 4.79 Å². The third-order valence-electron chi connectivity index (χ3n) is 4.99. The molecule has 154 valence electrons. The van der Waals surface area contributed by atoms with Crippen molar-refractivity contribution in [1.82, 2.24) is 9.99 Å². The van der Waals surface area contributed by atoms with Crippen LogP contribution in [0.25, 0.3) is 22.4 Å². The Hall–Kier alpha value is -3.33. The maximum atomic E-state index is 12.1. The highest BCUT2D eigenvalue weighted by Gasteiger charge is 2.30. The van der Waals surface area contributed by atoms with Crippen molar-refractivity contribution in [3.8, 4) is 17.1 Å². The summed E-state index contributed by atoms with van der Waals surface area (Å²) in [5.41, 5.74) is 9.82. The van der Waals surface area contributed by atoms with Crippen molar-refractivity contribution < 1.29 is 18.9 Å². The number of ether oxygens (including phenoxy) is 1. The van der Waals surface area contributed by atoms with Crippen molar-refractivity contribution in [1.29, 1.82) is 0 Å². The van der Waals surface area contributed by atoms with Crippen LogP contribution in [0.3, 0.4) is 0 Å². The van der Waals surface area contributed by atoms with Gasteiger partial charge in [-0.3, -0.25) is 9.59 Å². The van der Waals surface area contributed by atoms with Crippen molar-refractivity contribution in [2.24, 2.45) is 17.9 Å². The summed E-state index contributed by atoms with van der Waals surface area (Å²) < 4.78 is 7.42. The van der Waals surface area contributed by atoms with Crippen molar-refractivity contribution in [3.05, 3.63) is 48.0 Å². The van der Waals surface area contributed by atoms with E-state index in [1.165, 1.54) is 0 Å². The molecule has 0 aliphatic carbocycles. The Morgan fingerprint density at radius 1 is 1.30 bits per heavy atom. The largest absolute Gasteiger partial charge is 0.497 e. The molecular weight excluding hydrogens is 402 g/mol. The second kappa shape index (κ2) is 7.83. The zero-order chi connectivity index (χ0) is 21.4. The van der Waals surface area contributed by atoms with E-state index in [-0.39, 0.29) is 17.0 Å². The van der Waals surface area contributed by atoms with Gasteiger partial charge in [0, 0.05) is 5.56 Å². The van der Waals surface area contributed by atoms with Crippen LogP contribution in [0.15, 0.2) is 47.6 Å². The number of nitrogens with one attached hydrogen (secondary N) is 1. The third kappa shape index (κ3) is 3.63. The molecule has 9 heteroatoms. The lowest BCUT2D eigenvalue weighted by Gasteiger charge is -2.25. The lowest BCUT2D eigenvalue weighted by molar-refractivity contribution is -0.633. The second-order valence-electron chi connectivity index (χ2n) is 7.03. The number of carbonyl (C=O) groups is 2. The molecule has 3 aromatic rings. The first-order valence-electron chi connectivity index (χ1n) is 9.39. The van der Waals surface area contributed by atoms with Crippen LogP contribution in [0.1, 0.15) is 12.5 Å². The predicted molar refractivity (Wildman–Crippen MR) is 116 cm³/mol. The number of rotatable bonds is 5. The molecule has 4 rings (SSSR count). The Morgan fingerprint density at radius 3 is 2.83 bits per heavy atom. The molecule has 1 aliphatic rings. The number of methoxy groups -OCH3 is 1. The summed E-state index contributed by atoms with van der Waals surface area (Å²) in [6.07, 6.45) is 0. The minimum atomic E-state index is -0.601. The molecule has 2 aromatic carbocycles. The number of hydrogen-bond acceptors (Lipinski definition) is 5. The number of hydrogen-bond donors (Lipinski definition) is 2. The molecule has 0 bridgehead atoms. The molecule has 0 fully saturated rings. The van der Waals surface area contributed by atoms with E-state index in [0.29, 0.717) is 0 Å². The molecule has 30 heavy (non-hydrogen) atoms. The number of aryl methyl sites for hydroxylation is 1. The van der Waals surface area contributed by atoms with Gasteiger partial charge in [0.25, 0.3) is 5.82 Å². The number of hydrazone groups is 1. The SMILES string of the molecule is COc1cccc(-c2[nH]c3cc(C4=NN(CC(N)=O)C(=O)SC4C)ccc3[n+]2C)c1. The first kappa shape index (κ1) is 20.0. The first-order valence-corrected chi connectivity index (χ1v) is 10.3. The number of benzene rings is 2. The summed E-state index contributed by atoms with van der Waals surface area (Å²) in [7, 11) is 3.64. The predicted octanol–water partition coefficient (Wildman–Crippen LogP) is 2.41. The monoisotopic (exact) mass is 424 g/mol. The highest BCUT2D eigenvalue weighted by Crippen LogP contribution is 2.28. The fraction of sp³-hybridized carbons (Fsp3) is 0.238. The van der Waals surface area contributed by atoms with E-state index in [4.69, 9.17) is 10.5 Å². The summed E-state index contributed by atoms with van der Waals surface area (Å²) in [6, 6.07) is 13.8. The maximum absolute atomic E-state index is 12.1. The lowest BCUT2D eigenvalue weighted by Crippen LogP contribution is -2.39. The number of aromatic amines is 1. The molecule has 2 amide bonds. The van der Waals surface area contributed by atoms with Crippen LogP contribution in [-0.4, -0.2) is 45.8 Å². The van der Waals surface area contributed by atoms with Gasteiger partial charge in [-0.05, 0) is 43.3 Å². The Kier molecular flexibility index (Phi) is 5.21. The van der Waals surface area contributed by atoms with Crippen LogP contribution in [0.2, 0.25) is 0 Å². The number of carbonyl (C=O) groups excluding carboxylic acids is 2. The van der Waals surface area contributed by atoms with Crippen molar-refractivity contribution in [3.63, 3.8) is 0 Å². The van der Waals surface area contributed by atoms with E-state index in [2.05, 4.69) is 14.7 Å². The number of thioether (sulfide) groups is 1. The van der Waals surface area contributed by atoms with Crippen molar-refractivity contribution in [2.75, 3.05) is 13.7 Å². The van der Waals surface area contributed by atoms with Gasteiger partial charge in [0.05, 0.1) is 30.7 Å². The minimum absolute atomic E-state index is 0.138. The number of H-pyrrole nitrogens is 1. The van der Waals surface area contributed by atoms with Gasteiger partial charge in [-0.2, -0.15) is 5.10 Å². The summed E-state index contributed by atoms with van der Waals surface area (Å²) in [5, 5.41) is 5.12. The molecule has 0 radical (unpaired) electrons. The van der Waals surface area contributed by atoms with Gasteiger partial charge in [-0.25, -0.2) is 14.6 Å². The molecule has 0 saturated heterocycles. The van der Waals surface area contributed by atoms with Crippen molar-refractivity contribution in [2.45, 2.75) is 12.2 Å². The quantitative estimate of drug-likeness (QED) is 0.614. The minimum Gasteiger partial charge on any atom is -0.497 e. The Labute approximate surface area is 177 Å². The molecule has 2 heterocycles. The molecule has 0 spiro atoms. The van der Waals surface area contributed by atoms with Gasteiger partial charge >= 0.3 is 5.24 Å². The molecule has 3 N–H and O–H groups in total. The van der Waals surface area contributed by atoms with Crippen LogP contribution in [0.5, 0.6) is 5.75 Å².